The lowest BCUT2D eigenvalue weighted by molar-refractivity contribution is 0.222. The molecule has 100 valence electrons. The minimum Gasteiger partial charge on any atom is -0.396 e. The maximum absolute atomic E-state index is 13.4. The van der Waals surface area contributed by atoms with E-state index in [-0.39, 0.29) is 11.5 Å². The summed E-state index contributed by atoms with van der Waals surface area (Å²) >= 11 is 0. The van der Waals surface area contributed by atoms with Crippen LogP contribution < -0.4 is 10.6 Å². The summed E-state index contributed by atoms with van der Waals surface area (Å²) in [6, 6.07) is 5.04. The minimum absolute atomic E-state index is 0.214. The van der Waals surface area contributed by atoms with Crippen LogP contribution in [0.25, 0.3) is 0 Å². The number of rotatable bonds is 3. The first-order valence-electron chi connectivity index (χ1n) is 6.51. The van der Waals surface area contributed by atoms with Gasteiger partial charge in [0.1, 0.15) is 5.82 Å². The lowest BCUT2D eigenvalue weighted by atomic mass is 9.96. The maximum atomic E-state index is 13.4. The molecule has 18 heavy (non-hydrogen) atoms. The molecule has 0 amide bonds. The molecule has 1 aromatic carbocycles. The molecule has 0 bridgehead atoms. The topological polar surface area (TPSA) is 32.5 Å². The number of nitrogen functional groups attached to an aromatic ring is 1. The van der Waals surface area contributed by atoms with E-state index >= 15 is 0 Å². The van der Waals surface area contributed by atoms with Gasteiger partial charge in [0.05, 0.1) is 5.69 Å². The Morgan fingerprint density at radius 1 is 1.39 bits per heavy atom. The summed E-state index contributed by atoms with van der Waals surface area (Å²) in [7, 11) is 4.18. The summed E-state index contributed by atoms with van der Waals surface area (Å²) in [5, 5.41) is 0. The van der Waals surface area contributed by atoms with Gasteiger partial charge in [0.15, 0.2) is 0 Å². The smallest absolute Gasteiger partial charge is 0.148 e. The summed E-state index contributed by atoms with van der Waals surface area (Å²) in [6.45, 7) is 3.31. The summed E-state index contributed by atoms with van der Waals surface area (Å²) in [5.74, 6) is 0.370. The molecule has 2 N–H and O–H groups in total. The van der Waals surface area contributed by atoms with Crippen molar-refractivity contribution in [2.24, 2.45) is 5.92 Å². The predicted octanol–water partition coefficient (Wildman–Crippen LogP) is 2.19. The van der Waals surface area contributed by atoms with Gasteiger partial charge in [-0.05, 0) is 57.1 Å². The zero-order valence-electron chi connectivity index (χ0n) is 11.2. The molecule has 1 aromatic rings. The van der Waals surface area contributed by atoms with Crippen LogP contribution in [0.5, 0.6) is 0 Å². The fraction of sp³-hybridized carbons (Fsp3) is 0.571. The van der Waals surface area contributed by atoms with E-state index in [1.54, 1.807) is 6.07 Å². The van der Waals surface area contributed by atoms with Gasteiger partial charge in [0.2, 0.25) is 0 Å². The second kappa shape index (κ2) is 5.57. The Balaban J connectivity index is 1.94. The average Bonchev–Trinajstić information content (AvgIpc) is 2.35. The van der Waals surface area contributed by atoms with Crippen LogP contribution in [0.1, 0.15) is 12.8 Å². The van der Waals surface area contributed by atoms with Gasteiger partial charge >= 0.3 is 0 Å². The van der Waals surface area contributed by atoms with E-state index in [0.29, 0.717) is 5.92 Å². The second-order valence-corrected chi connectivity index (χ2v) is 5.33. The molecule has 0 radical (unpaired) electrons. The first-order valence-corrected chi connectivity index (χ1v) is 6.51. The molecule has 3 nitrogen and oxygen atoms in total. The SMILES string of the molecule is CN1CCC(CN(C)c2ccc(N)c(F)c2)CC1. The quantitative estimate of drug-likeness (QED) is 0.836. The summed E-state index contributed by atoms with van der Waals surface area (Å²) < 4.78 is 13.4. The van der Waals surface area contributed by atoms with Crippen molar-refractivity contribution in [2.45, 2.75) is 12.8 Å². The predicted molar refractivity (Wildman–Crippen MR) is 74.3 cm³/mol. The molecule has 1 saturated heterocycles. The fourth-order valence-corrected chi connectivity index (χ4v) is 2.49. The number of piperidine rings is 1. The number of nitrogens with zero attached hydrogens (tertiary/aromatic N) is 2. The fourth-order valence-electron chi connectivity index (χ4n) is 2.49. The summed E-state index contributed by atoms with van der Waals surface area (Å²) in [4.78, 5) is 4.48. The van der Waals surface area contributed by atoms with Gasteiger partial charge in [0.25, 0.3) is 0 Å². The van der Waals surface area contributed by atoms with Crippen molar-refractivity contribution >= 4 is 11.4 Å². The number of hydrogen-bond donors (Lipinski definition) is 1. The molecule has 2 rings (SSSR count). The van der Waals surface area contributed by atoms with Crippen molar-refractivity contribution in [3.05, 3.63) is 24.0 Å². The molecule has 0 aromatic heterocycles. The molecular formula is C14H22FN3. The molecule has 1 aliphatic heterocycles. The van der Waals surface area contributed by atoms with Crippen LogP contribution in [0.3, 0.4) is 0 Å². The lowest BCUT2D eigenvalue weighted by Crippen LogP contribution is -2.35. The van der Waals surface area contributed by atoms with Crippen LogP contribution in [-0.2, 0) is 0 Å². The van der Waals surface area contributed by atoms with Crippen molar-refractivity contribution in [3.63, 3.8) is 0 Å². The molecule has 1 heterocycles. The number of nitrogens with two attached hydrogens (primary N) is 1. The van der Waals surface area contributed by atoms with Crippen molar-refractivity contribution < 1.29 is 4.39 Å². The zero-order valence-corrected chi connectivity index (χ0v) is 11.2. The molecule has 4 heteroatoms. The lowest BCUT2D eigenvalue weighted by Gasteiger charge is -2.32. The van der Waals surface area contributed by atoms with E-state index in [2.05, 4.69) is 16.8 Å². The molecule has 1 aliphatic rings. The Hall–Kier alpha value is -1.29. The maximum Gasteiger partial charge on any atom is 0.148 e. The Kier molecular flexibility index (Phi) is 4.07. The highest BCUT2D eigenvalue weighted by atomic mass is 19.1. The van der Waals surface area contributed by atoms with Crippen LogP contribution in [0, 0.1) is 11.7 Å². The van der Waals surface area contributed by atoms with Crippen LogP contribution in [0.4, 0.5) is 15.8 Å². The molecule has 0 atom stereocenters. The van der Waals surface area contributed by atoms with E-state index in [9.17, 15) is 4.39 Å². The Morgan fingerprint density at radius 2 is 2.06 bits per heavy atom. The Bertz CT molecular complexity index is 400. The van der Waals surface area contributed by atoms with Gasteiger partial charge in [-0.1, -0.05) is 0 Å². The van der Waals surface area contributed by atoms with Crippen molar-refractivity contribution in [1.29, 1.82) is 0 Å². The Labute approximate surface area is 108 Å². The molecule has 0 spiro atoms. The first kappa shape index (κ1) is 13.1. The summed E-state index contributed by atoms with van der Waals surface area (Å²) in [6.07, 6.45) is 2.44. The van der Waals surface area contributed by atoms with Crippen molar-refractivity contribution in [1.82, 2.24) is 4.90 Å². The third-order valence-electron chi connectivity index (χ3n) is 3.80. The molecule has 0 aliphatic carbocycles. The number of hydrogen-bond acceptors (Lipinski definition) is 3. The number of halogens is 1. The van der Waals surface area contributed by atoms with Crippen molar-refractivity contribution in [3.8, 4) is 0 Å². The van der Waals surface area contributed by atoms with Gasteiger partial charge < -0.3 is 15.5 Å². The third-order valence-corrected chi connectivity index (χ3v) is 3.80. The van der Waals surface area contributed by atoms with Crippen LogP contribution in [0.15, 0.2) is 18.2 Å². The number of anilines is 2. The number of likely N-dealkylation sites (tertiary alicyclic amines) is 1. The first-order chi connectivity index (χ1) is 8.56. The zero-order chi connectivity index (χ0) is 13.1. The third kappa shape index (κ3) is 3.13. The van der Waals surface area contributed by atoms with Gasteiger partial charge in [-0.2, -0.15) is 0 Å². The second-order valence-electron chi connectivity index (χ2n) is 5.33. The summed E-state index contributed by atoms with van der Waals surface area (Å²) in [5.41, 5.74) is 6.61. The molecule has 1 fully saturated rings. The normalized spacial score (nSPS) is 17.9. The Morgan fingerprint density at radius 3 is 2.67 bits per heavy atom. The standard InChI is InChI=1S/C14H22FN3/c1-17-7-5-11(6-8-17)10-18(2)12-3-4-14(16)13(15)9-12/h3-4,9,11H,5-8,10,16H2,1-2H3. The largest absolute Gasteiger partial charge is 0.396 e. The van der Waals surface area contributed by atoms with Crippen LogP contribution >= 0.6 is 0 Å². The monoisotopic (exact) mass is 251 g/mol. The van der Waals surface area contributed by atoms with Crippen molar-refractivity contribution in [2.75, 3.05) is 44.4 Å². The highest BCUT2D eigenvalue weighted by molar-refractivity contribution is 5.53. The van der Waals surface area contributed by atoms with E-state index in [0.717, 1.165) is 25.3 Å². The molecular weight excluding hydrogens is 229 g/mol. The van der Waals surface area contributed by atoms with Gasteiger partial charge in [-0.15, -0.1) is 0 Å². The number of benzene rings is 1. The highest BCUT2D eigenvalue weighted by Gasteiger charge is 2.18. The molecule has 0 unspecified atom stereocenters. The van der Waals surface area contributed by atoms with Gasteiger partial charge in [0, 0.05) is 19.3 Å². The highest BCUT2D eigenvalue weighted by Crippen LogP contribution is 2.23. The van der Waals surface area contributed by atoms with E-state index < -0.39 is 0 Å². The van der Waals surface area contributed by atoms with Crippen LogP contribution in [0.2, 0.25) is 0 Å². The van der Waals surface area contributed by atoms with Gasteiger partial charge in [-0.3, -0.25) is 0 Å². The van der Waals surface area contributed by atoms with E-state index in [1.165, 1.54) is 18.9 Å². The van der Waals surface area contributed by atoms with Crippen LogP contribution in [-0.4, -0.2) is 38.6 Å². The molecule has 0 saturated carbocycles. The van der Waals surface area contributed by atoms with Gasteiger partial charge in [-0.25, -0.2) is 4.39 Å². The minimum atomic E-state index is -0.331. The average molecular weight is 251 g/mol. The van der Waals surface area contributed by atoms with E-state index in [4.69, 9.17) is 5.73 Å². The van der Waals surface area contributed by atoms with E-state index in [1.807, 2.05) is 13.1 Å².